The molecule has 0 amide bonds. The van der Waals surface area contributed by atoms with Gasteiger partial charge in [0, 0.05) is 12.6 Å². The van der Waals surface area contributed by atoms with Crippen molar-refractivity contribution in [2.75, 3.05) is 20.7 Å². The Morgan fingerprint density at radius 2 is 2.11 bits per heavy atom. The highest BCUT2D eigenvalue weighted by Gasteiger charge is 2.02. The number of ether oxygens (including phenoxy) is 2. The van der Waals surface area contributed by atoms with Crippen LogP contribution in [-0.2, 0) is 6.54 Å². The van der Waals surface area contributed by atoms with Gasteiger partial charge in [-0.15, -0.1) is 0 Å². The minimum atomic E-state index is 0.722. The van der Waals surface area contributed by atoms with E-state index in [-0.39, 0.29) is 0 Å². The Labute approximate surface area is 106 Å². The van der Waals surface area contributed by atoms with Gasteiger partial charge in [0.05, 0.1) is 26.0 Å². The van der Waals surface area contributed by atoms with E-state index in [0.29, 0.717) is 0 Å². The quantitative estimate of drug-likeness (QED) is 0.847. The van der Waals surface area contributed by atoms with Gasteiger partial charge in [0.15, 0.2) is 5.75 Å². The lowest BCUT2D eigenvalue weighted by Gasteiger charge is -2.04. The molecule has 0 bridgehead atoms. The van der Waals surface area contributed by atoms with Crippen LogP contribution in [0, 0.1) is 0 Å². The third-order valence-corrected chi connectivity index (χ3v) is 2.48. The molecule has 0 unspecified atom stereocenters. The summed E-state index contributed by atoms with van der Waals surface area (Å²) in [7, 11) is 3.55. The number of nitrogens with zero attached hydrogens (tertiary/aromatic N) is 2. The zero-order valence-electron chi connectivity index (χ0n) is 10.6. The molecule has 0 saturated heterocycles. The maximum absolute atomic E-state index is 5.70. The van der Waals surface area contributed by atoms with Gasteiger partial charge < -0.3 is 14.8 Å². The topological polar surface area (TPSA) is 48.3 Å². The van der Waals surface area contributed by atoms with Crippen LogP contribution in [0.1, 0.15) is 0 Å². The first-order chi connectivity index (χ1) is 8.81. The van der Waals surface area contributed by atoms with Crippen LogP contribution in [0.2, 0.25) is 0 Å². The third-order valence-electron chi connectivity index (χ3n) is 2.48. The van der Waals surface area contributed by atoms with Gasteiger partial charge in [-0.1, -0.05) is 6.07 Å². The number of hydrogen-bond donors (Lipinski definition) is 1. The van der Waals surface area contributed by atoms with Gasteiger partial charge in [0.25, 0.3) is 0 Å². The maximum Gasteiger partial charge on any atom is 0.165 e. The van der Waals surface area contributed by atoms with Crippen LogP contribution in [0.4, 0.5) is 0 Å². The molecule has 1 aromatic heterocycles. The van der Waals surface area contributed by atoms with Gasteiger partial charge in [0.1, 0.15) is 11.5 Å². The Morgan fingerprint density at radius 1 is 1.28 bits per heavy atom. The van der Waals surface area contributed by atoms with Crippen LogP contribution in [0.5, 0.6) is 17.2 Å². The number of likely N-dealkylation sites (N-methyl/N-ethyl adjacent to an activating group) is 1. The number of hydrogen-bond acceptors (Lipinski definition) is 4. The van der Waals surface area contributed by atoms with Crippen molar-refractivity contribution in [1.29, 1.82) is 0 Å². The second-order valence-corrected chi connectivity index (χ2v) is 3.82. The lowest BCUT2D eigenvalue weighted by atomic mass is 10.3. The van der Waals surface area contributed by atoms with Gasteiger partial charge >= 0.3 is 0 Å². The lowest BCUT2D eigenvalue weighted by molar-refractivity contribution is 0.409. The van der Waals surface area contributed by atoms with E-state index in [0.717, 1.165) is 30.3 Å². The Balaban J connectivity index is 2.01. The summed E-state index contributed by atoms with van der Waals surface area (Å²) in [6.07, 6.45) is 3.58. The Morgan fingerprint density at radius 3 is 2.89 bits per heavy atom. The predicted octanol–water partition coefficient (Wildman–Crippen LogP) is 1.90. The zero-order valence-corrected chi connectivity index (χ0v) is 10.6. The van der Waals surface area contributed by atoms with E-state index < -0.39 is 0 Å². The van der Waals surface area contributed by atoms with Gasteiger partial charge in [-0.05, 0) is 19.2 Å². The van der Waals surface area contributed by atoms with Crippen LogP contribution in [0.25, 0.3) is 0 Å². The molecule has 1 N–H and O–H groups in total. The molecule has 2 aromatic rings. The van der Waals surface area contributed by atoms with Crippen molar-refractivity contribution < 1.29 is 9.47 Å². The predicted molar refractivity (Wildman–Crippen MR) is 69.2 cm³/mol. The van der Waals surface area contributed by atoms with Crippen molar-refractivity contribution in [1.82, 2.24) is 15.1 Å². The summed E-state index contributed by atoms with van der Waals surface area (Å²) < 4.78 is 12.7. The summed E-state index contributed by atoms with van der Waals surface area (Å²) in [5.41, 5.74) is 0. The zero-order chi connectivity index (χ0) is 12.8. The fourth-order valence-electron chi connectivity index (χ4n) is 1.55. The number of methoxy groups -OCH3 is 1. The van der Waals surface area contributed by atoms with E-state index in [1.807, 2.05) is 42.2 Å². The summed E-state index contributed by atoms with van der Waals surface area (Å²) >= 11 is 0. The Hall–Kier alpha value is -2.01. The van der Waals surface area contributed by atoms with Crippen molar-refractivity contribution in [3.05, 3.63) is 36.7 Å². The highest BCUT2D eigenvalue weighted by molar-refractivity contribution is 5.35. The average molecular weight is 247 g/mol. The largest absolute Gasteiger partial charge is 0.497 e. The van der Waals surface area contributed by atoms with Crippen LogP contribution in [-0.4, -0.2) is 30.5 Å². The van der Waals surface area contributed by atoms with Crippen molar-refractivity contribution in [2.24, 2.45) is 0 Å². The molecule has 5 heteroatoms. The van der Waals surface area contributed by atoms with Crippen LogP contribution >= 0.6 is 0 Å². The van der Waals surface area contributed by atoms with Crippen molar-refractivity contribution in [3.8, 4) is 17.2 Å². The Bertz CT molecular complexity index is 496. The molecule has 96 valence electrons. The molecular formula is C13H17N3O2. The molecule has 2 rings (SSSR count). The molecule has 1 aromatic carbocycles. The van der Waals surface area contributed by atoms with E-state index in [4.69, 9.17) is 9.47 Å². The van der Waals surface area contributed by atoms with Gasteiger partial charge in [0.2, 0.25) is 0 Å². The minimum Gasteiger partial charge on any atom is -0.497 e. The monoisotopic (exact) mass is 247 g/mol. The first-order valence-electron chi connectivity index (χ1n) is 5.81. The van der Waals surface area contributed by atoms with Gasteiger partial charge in [-0.25, -0.2) is 0 Å². The number of aromatic nitrogens is 2. The van der Waals surface area contributed by atoms with Crippen molar-refractivity contribution >= 4 is 0 Å². The molecule has 0 aliphatic heterocycles. The van der Waals surface area contributed by atoms with Crippen LogP contribution in [0.3, 0.4) is 0 Å². The van der Waals surface area contributed by atoms with E-state index >= 15 is 0 Å². The van der Waals surface area contributed by atoms with E-state index in [1.54, 1.807) is 13.3 Å². The van der Waals surface area contributed by atoms with Crippen LogP contribution in [0.15, 0.2) is 36.7 Å². The number of nitrogens with one attached hydrogen (secondary N) is 1. The molecule has 0 saturated carbocycles. The maximum atomic E-state index is 5.70. The first kappa shape index (κ1) is 12.4. The SMILES string of the molecule is CNCCn1cc(Oc2cccc(OC)c2)cn1. The molecule has 0 fully saturated rings. The number of rotatable bonds is 6. The molecule has 0 spiro atoms. The highest BCUT2D eigenvalue weighted by Crippen LogP contribution is 2.24. The van der Waals surface area contributed by atoms with Crippen molar-refractivity contribution in [3.63, 3.8) is 0 Å². The highest BCUT2D eigenvalue weighted by atomic mass is 16.5. The molecule has 0 aliphatic rings. The average Bonchev–Trinajstić information content (AvgIpc) is 2.84. The first-order valence-corrected chi connectivity index (χ1v) is 5.81. The van der Waals surface area contributed by atoms with Crippen LogP contribution < -0.4 is 14.8 Å². The fraction of sp³-hybridized carbons (Fsp3) is 0.308. The minimum absolute atomic E-state index is 0.722. The lowest BCUT2D eigenvalue weighted by Crippen LogP contribution is -2.14. The Kier molecular flexibility index (Phi) is 4.20. The van der Waals surface area contributed by atoms with Gasteiger partial charge in [-0.2, -0.15) is 5.10 Å². The second kappa shape index (κ2) is 6.07. The van der Waals surface area contributed by atoms with Gasteiger partial charge in [-0.3, -0.25) is 4.68 Å². The fourth-order valence-corrected chi connectivity index (χ4v) is 1.55. The smallest absolute Gasteiger partial charge is 0.165 e. The standard InChI is InChI=1S/C13H17N3O2/c1-14-6-7-16-10-13(9-15-16)18-12-5-3-4-11(8-12)17-2/h3-5,8-10,14H,6-7H2,1-2H3. The van der Waals surface area contributed by atoms with Crippen molar-refractivity contribution in [2.45, 2.75) is 6.54 Å². The molecule has 18 heavy (non-hydrogen) atoms. The molecule has 0 atom stereocenters. The summed E-state index contributed by atoms with van der Waals surface area (Å²) in [5.74, 6) is 2.23. The second-order valence-electron chi connectivity index (χ2n) is 3.82. The normalized spacial score (nSPS) is 10.3. The van der Waals surface area contributed by atoms with E-state index in [9.17, 15) is 0 Å². The molecular weight excluding hydrogens is 230 g/mol. The summed E-state index contributed by atoms with van der Waals surface area (Å²) in [6.45, 7) is 1.69. The summed E-state index contributed by atoms with van der Waals surface area (Å²) in [4.78, 5) is 0. The van der Waals surface area contributed by atoms with E-state index in [1.165, 1.54) is 0 Å². The third kappa shape index (κ3) is 3.24. The molecule has 1 heterocycles. The summed E-state index contributed by atoms with van der Waals surface area (Å²) in [5, 5.41) is 7.28. The number of benzene rings is 1. The molecule has 5 nitrogen and oxygen atoms in total. The van der Waals surface area contributed by atoms with E-state index in [2.05, 4.69) is 10.4 Å². The summed E-state index contributed by atoms with van der Waals surface area (Å²) in [6, 6.07) is 7.49. The molecule has 0 radical (unpaired) electrons. The molecule has 0 aliphatic carbocycles.